The maximum atomic E-state index is 11.8. The molecule has 7 heteroatoms. The van der Waals surface area contributed by atoms with E-state index >= 15 is 0 Å². The van der Waals surface area contributed by atoms with Crippen LogP contribution >= 0.6 is 0 Å². The first-order valence-corrected chi connectivity index (χ1v) is 5.39. The van der Waals surface area contributed by atoms with Gasteiger partial charge in [0, 0.05) is 19.2 Å². The van der Waals surface area contributed by atoms with Gasteiger partial charge in [-0.15, -0.1) is 0 Å². The third-order valence-corrected chi connectivity index (χ3v) is 2.45. The molecule has 18 heavy (non-hydrogen) atoms. The minimum absolute atomic E-state index is 0.0509. The monoisotopic (exact) mass is 253 g/mol. The zero-order chi connectivity index (χ0) is 13.7. The van der Waals surface area contributed by atoms with Crippen LogP contribution in [0.4, 0.5) is 11.4 Å². The van der Waals surface area contributed by atoms with Crippen LogP contribution in [0, 0.1) is 16.0 Å². The Hall–Kier alpha value is -2.15. The molecule has 1 unspecified atom stereocenters. The number of nitro benzene ring substituents is 1. The molecule has 0 bridgehead atoms. The molecule has 0 aliphatic carbocycles. The quantitative estimate of drug-likeness (QED) is 0.402. The van der Waals surface area contributed by atoms with Crippen LogP contribution in [-0.2, 0) is 0 Å². The summed E-state index contributed by atoms with van der Waals surface area (Å²) in [5.41, 5.74) is 5.19. The summed E-state index contributed by atoms with van der Waals surface area (Å²) < 4.78 is 0. The fourth-order valence-corrected chi connectivity index (χ4v) is 1.34. The van der Waals surface area contributed by atoms with Gasteiger partial charge in [-0.1, -0.05) is 13.0 Å². The molecule has 0 radical (unpaired) electrons. The Balaban J connectivity index is 2.86. The van der Waals surface area contributed by atoms with Gasteiger partial charge in [0.15, 0.2) is 0 Å². The van der Waals surface area contributed by atoms with Gasteiger partial charge in [0.2, 0.25) is 0 Å². The molecule has 1 rings (SSSR count). The summed E-state index contributed by atoms with van der Waals surface area (Å²) >= 11 is 0. The molecule has 0 aromatic heterocycles. The number of nitrogens with one attached hydrogen (secondary N) is 1. The zero-order valence-electron chi connectivity index (χ0n) is 9.92. The summed E-state index contributed by atoms with van der Waals surface area (Å²) in [6.07, 6.45) is 0. The predicted octanol–water partition coefficient (Wildman–Crippen LogP) is 0.535. The van der Waals surface area contributed by atoms with Crippen LogP contribution in [0.25, 0.3) is 0 Å². The average molecular weight is 253 g/mol. The highest BCUT2D eigenvalue weighted by molar-refractivity contribution is 6.00. The van der Waals surface area contributed by atoms with Crippen LogP contribution in [0.3, 0.4) is 0 Å². The van der Waals surface area contributed by atoms with Crippen molar-refractivity contribution in [3.63, 3.8) is 0 Å². The Labute approximate surface area is 104 Å². The van der Waals surface area contributed by atoms with E-state index in [0.717, 1.165) is 0 Å². The Morgan fingerprint density at radius 1 is 1.61 bits per heavy atom. The molecule has 1 aromatic rings. The van der Waals surface area contributed by atoms with E-state index in [2.05, 4.69) is 5.32 Å². The molecule has 1 atom stereocenters. The standard InChI is InChI=1S/C11H15N3O4/c1-7(6-15)5-13-11(16)8-3-2-4-9(10(8)12)14(17)18/h2-4,7,15H,5-6,12H2,1H3,(H,13,16). The number of nitrogen functional groups attached to an aromatic ring is 1. The third kappa shape index (κ3) is 3.17. The van der Waals surface area contributed by atoms with Crippen LogP contribution in [-0.4, -0.2) is 29.1 Å². The van der Waals surface area contributed by atoms with E-state index in [1.165, 1.54) is 18.2 Å². The summed E-state index contributed by atoms with van der Waals surface area (Å²) in [7, 11) is 0. The molecule has 0 aliphatic rings. The van der Waals surface area contributed by atoms with Crippen LogP contribution in [0.1, 0.15) is 17.3 Å². The number of nitrogens with zero attached hydrogens (tertiary/aromatic N) is 1. The molecule has 1 aromatic carbocycles. The van der Waals surface area contributed by atoms with E-state index in [0.29, 0.717) is 0 Å². The van der Waals surface area contributed by atoms with E-state index < -0.39 is 10.8 Å². The van der Waals surface area contributed by atoms with Crippen molar-refractivity contribution in [2.24, 2.45) is 5.92 Å². The second-order valence-electron chi connectivity index (χ2n) is 3.99. The average Bonchev–Trinajstić information content (AvgIpc) is 2.35. The minimum atomic E-state index is -0.636. The Kier molecular flexibility index (Phi) is 4.61. The number of amides is 1. The summed E-state index contributed by atoms with van der Waals surface area (Å²) in [5.74, 6) is -0.578. The lowest BCUT2D eigenvalue weighted by Gasteiger charge is -2.10. The summed E-state index contributed by atoms with van der Waals surface area (Å²) in [4.78, 5) is 21.8. The van der Waals surface area contributed by atoms with Gasteiger partial charge >= 0.3 is 0 Å². The summed E-state index contributed by atoms with van der Waals surface area (Å²) in [5, 5.41) is 22.0. The molecule has 0 heterocycles. The first-order valence-electron chi connectivity index (χ1n) is 5.39. The summed E-state index contributed by atoms with van der Waals surface area (Å²) in [6, 6.07) is 4.06. The van der Waals surface area contributed by atoms with Crippen molar-refractivity contribution in [1.82, 2.24) is 5.32 Å². The third-order valence-electron chi connectivity index (χ3n) is 2.45. The number of anilines is 1. The maximum Gasteiger partial charge on any atom is 0.292 e. The van der Waals surface area contributed by atoms with Crippen molar-refractivity contribution in [2.75, 3.05) is 18.9 Å². The molecule has 0 saturated carbocycles. The van der Waals surface area contributed by atoms with Crippen LogP contribution in [0.2, 0.25) is 0 Å². The second-order valence-corrected chi connectivity index (χ2v) is 3.99. The number of para-hydroxylation sites is 1. The number of hydrogen-bond acceptors (Lipinski definition) is 5. The first kappa shape index (κ1) is 13.9. The second kappa shape index (κ2) is 5.97. The molecule has 1 amide bonds. The van der Waals surface area contributed by atoms with Crippen molar-refractivity contribution in [3.8, 4) is 0 Å². The van der Waals surface area contributed by atoms with E-state index in [4.69, 9.17) is 10.8 Å². The van der Waals surface area contributed by atoms with Crippen LogP contribution in [0.5, 0.6) is 0 Å². The highest BCUT2D eigenvalue weighted by atomic mass is 16.6. The van der Waals surface area contributed by atoms with Gasteiger partial charge in [-0.25, -0.2) is 0 Å². The highest BCUT2D eigenvalue weighted by Crippen LogP contribution is 2.24. The van der Waals surface area contributed by atoms with Gasteiger partial charge in [-0.3, -0.25) is 14.9 Å². The van der Waals surface area contributed by atoms with E-state index in [9.17, 15) is 14.9 Å². The Morgan fingerprint density at radius 2 is 2.28 bits per heavy atom. The number of nitrogens with two attached hydrogens (primary N) is 1. The highest BCUT2D eigenvalue weighted by Gasteiger charge is 2.18. The maximum absolute atomic E-state index is 11.8. The van der Waals surface area contributed by atoms with Crippen molar-refractivity contribution >= 4 is 17.3 Å². The Bertz CT molecular complexity index is 462. The zero-order valence-corrected chi connectivity index (χ0v) is 9.92. The van der Waals surface area contributed by atoms with Gasteiger partial charge in [0.1, 0.15) is 5.69 Å². The van der Waals surface area contributed by atoms with E-state index in [-0.39, 0.29) is 36.0 Å². The van der Waals surface area contributed by atoms with Crippen LogP contribution in [0.15, 0.2) is 18.2 Å². The molecular formula is C11H15N3O4. The van der Waals surface area contributed by atoms with Gasteiger partial charge in [0.05, 0.1) is 10.5 Å². The topological polar surface area (TPSA) is 118 Å². The number of carbonyl (C=O) groups is 1. The fraction of sp³-hybridized carbons (Fsp3) is 0.364. The number of rotatable bonds is 5. The van der Waals surface area contributed by atoms with E-state index in [1.807, 2.05) is 0 Å². The van der Waals surface area contributed by atoms with Gasteiger partial charge in [-0.05, 0) is 12.0 Å². The smallest absolute Gasteiger partial charge is 0.292 e. The van der Waals surface area contributed by atoms with Crippen molar-refractivity contribution in [1.29, 1.82) is 0 Å². The lowest BCUT2D eigenvalue weighted by Crippen LogP contribution is -2.30. The molecule has 0 spiro atoms. The number of aliphatic hydroxyl groups excluding tert-OH is 1. The number of nitro groups is 1. The van der Waals surface area contributed by atoms with Gasteiger partial charge in [0.25, 0.3) is 11.6 Å². The molecular weight excluding hydrogens is 238 g/mol. The molecule has 98 valence electrons. The lowest BCUT2D eigenvalue weighted by molar-refractivity contribution is -0.383. The normalized spacial score (nSPS) is 11.9. The van der Waals surface area contributed by atoms with E-state index in [1.54, 1.807) is 6.92 Å². The number of hydrogen-bond donors (Lipinski definition) is 3. The lowest BCUT2D eigenvalue weighted by atomic mass is 10.1. The van der Waals surface area contributed by atoms with Gasteiger partial charge < -0.3 is 16.2 Å². The number of carbonyl (C=O) groups excluding carboxylic acids is 1. The molecule has 0 saturated heterocycles. The molecule has 0 fully saturated rings. The van der Waals surface area contributed by atoms with Crippen molar-refractivity contribution in [2.45, 2.75) is 6.92 Å². The molecule has 4 N–H and O–H groups in total. The minimum Gasteiger partial charge on any atom is -0.396 e. The summed E-state index contributed by atoms with van der Waals surface area (Å²) in [6.45, 7) is 1.99. The number of aliphatic hydroxyl groups is 1. The molecule has 7 nitrogen and oxygen atoms in total. The predicted molar refractivity (Wildman–Crippen MR) is 66.1 cm³/mol. The first-order chi connectivity index (χ1) is 8.47. The largest absolute Gasteiger partial charge is 0.396 e. The van der Waals surface area contributed by atoms with Crippen molar-refractivity contribution in [3.05, 3.63) is 33.9 Å². The van der Waals surface area contributed by atoms with Crippen LogP contribution < -0.4 is 11.1 Å². The fourth-order valence-electron chi connectivity index (χ4n) is 1.34. The van der Waals surface area contributed by atoms with Gasteiger partial charge in [-0.2, -0.15) is 0 Å². The molecule has 0 aliphatic heterocycles. The van der Waals surface area contributed by atoms with Crippen molar-refractivity contribution < 1.29 is 14.8 Å². The number of benzene rings is 1. The Morgan fingerprint density at radius 3 is 2.83 bits per heavy atom. The SMILES string of the molecule is CC(CO)CNC(=O)c1cccc([N+](=O)[O-])c1N.